The van der Waals surface area contributed by atoms with Gasteiger partial charge in [0, 0.05) is 11.8 Å². The van der Waals surface area contributed by atoms with Crippen molar-refractivity contribution in [2.24, 2.45) is 0 Å². The van der Waals surface area contributed by atoms with E-state index < -0.39 is 0 Å². The summed E-state index contributed by atoms with van der Waals surface area (Å²) in [6, 6.07) is 8.09. The van der Waals surface area contributed by atoms with Crippen LogP contribution in [0.25, 0.3) is 11.3 Å². The van der Waals surface area contributed by atoms with Crippen molar-refractivity contribution in [1.29, 1.82) is 0 Å². The van der Waals surface area contributed by atoms with E-state index in [4.69, 9.17) is 4.74 Å². The van der Waals surface area contributed by atoms with Gasteiger partial charge < -0.3 is 4.74 Å². The maximum Gasteiger partial charge on any atom is 0.119 e. The predicted octanol–water partition coefficient (Wildman–Crippen LogP) is 5.06. The Bertz CT molecular complexity index is 483. The molecule has 0 aliphatic heterocycles. The fourth-order valence-corrected chi connectivity index (χ4v) is 2.25. The molecule has 0 saturated heterocycles. The summed E-state index contributed by atoms with van der Waals surface area (Å²) < 4.78 is 5.68. The van der Waals surface area contributed by atoms with Crippen LogP contribution in [-0.2, 0) is 6.42 Å². The molecule has 0 aliphatic rings. The van der Waals surface area contributed by atoms with E-state index in [1.54, 1.807) is 0 Å². The minimum atomic E-state index is 0.780. The number of benzene rings is 1. The molecule has 1 heterocycles. The number of ether oxygens (including phenoxy) is 1. The van der Waals surface area contributed by atoms with Crippen molar-refractivity contribution in [2.45, 2.75) is 52.4 Å². The van der Waals surface area contributed by atoms with E-state index >= 15 is 0 Å². The molecule has 0 unspecified atom stereocenters. The number of hydrogen-bond acceptors (Lipinski definition) is 3. The maximum absolute atomic E-state index is 5.68. The monoisotopic (exact) mass is 298 g/mol. The molecule has 2 aromatic rings. The minimum Gasteiger partial charge on any atom is -0.494 e. The van der Waals surface area contributed by atoms with Crippen molar-refractivity contribution >= 4 is 0 Å². The van der Waals surface area contributed by atoms with E-state index in [0.717, 1.165) is 48.6 Å². The number of aryl methyl sites for hydroxylation is 1. The molecule has 0 radical (unpaired) electrons. The summed E-state index contributed by atoms with van der Waals surface area (Å²) in [6.45, 7) is 5.16. The van der Waals surface area contributed by atoms with Gasteiger partial charge in [0.25, 0.3) is 0 Å². The van der Waals surface area contributed by atoms with Gasteiger partial charge >= 0.3 is 0 Å². The van der Waals surface area contributed by atoms with Crippen LogP contribution in [0, 0.1) is 0 Å². The first-order valence-corrected chi connectivity index (χ1v) is 8.37. The molecule has 0 bridgehead atoms. The first-order valence-electron chi connectivity index (χ1n) is 8.37. The van der Waals surface area contributed by atoms with Crippen LogP contribution in [0.3, 0.4) is 0 Å². The number of nitrogens with zero attached hydrogens (tertiary/aromatic N) is 2. The molecule has 3 heteroatoms. The Balaban J connectivity index is 1.93. The van der Waals surface area contributed by atoms with Gasteiger partial charge in [-0.3, -0.25) is 9.97 Å². The lowest BCUT2D eigenvalue weighted by Gasteiger charge is -2.07. The first kappa shape index (κ1) is 16.5. The van der Waals surface area contributed by atoms with Crippen LogP contribution in [0.15, 0.2) is 36.7 Å². The van der Waals surface area contributed by atoms with Crippen molar-refractivity contribution in [3.05, 3.63) is 42.4 Å². The van der Waals surface area contributed by atoms with Crippen molar-refractivity contribution in [1.82, 2.24) is 9.97 Å². The molecule has 0 aliphatic carbocycles. The van der Waals surface area contributed by atoms with Gasteiger partial charge in [0.1, 0.15) is 5.75 Å². The molecule has 3 nitrogen and oxygen atoms in total. The normalized spacial score (nSPS) is 10.6. The van der Waals surface area contributed by atoms with Gasteiger partial charge in [0.05, 0.1) is 24.2 Å². The van der Waals surface area contributed by atoms with E-state index in [2.05, 4.69) is 23.8 Å². The molecular weight excluding hydrogens is 272 g/mol. The van der Waals surface area contributed by atoms with Crippen LogP contribution in [0.1, 0.15) is 51.6 Å². The molecule has 22 heavy (non-hydrogen) atoms. The molecule has 1 aromatic heterocycles. The van der Waals surface area contributed by atoms with Gasteiger partial charge in [-0.2, -0.15) is 0 Å². The largest absolute Gasteiger partial charge is 0.494 e. The zero-order valence-electron chi connectivity index (χ0n) is 13.7. The van der Waals surface area contributed by atoms with E-state index in [1.807, 2.05) is 36.7 Å². The van der Waals surface area contributed by atoms with Crippen molar-refractivity contribution in [3.63, 3.8) is 0 Å². The van der Waals surface area contributed by atoms with Crippen LogP contribution in [-0.4, -0.2) is 16.6 Å². The van der Waals surface area contributed by atoms with Gasteiger partial charge in [-0.25, -0.2) is 0 Å². The first-order chi connectivity index (χ1) is 10.8. The molecule has 0 atom stereocenters. The van der Waals surface area contributed by atoms with E-state index in [9.17, 15) is 0 Å². The van der Waals surface area contributed by atoms with Crippen LogP contribution >= 0.6 is 0 Å². The Morgan fingerprint density at radius 2 is 1.64 bits per heavy atom. The quantitative estimate of drug-likeness (QED) is 0.607. The Labute approximate surface area is 133 Å². The Hall–Kier alpha value is -1.90. The Kier molecular flexibility index (Phi) is 6.88. The number of aromatic nitrogens is 2. The second-order valence-corrected chi connectivity index (χ2v) is 5.58. The van der Waals surface area contributed by atoms with Gasteiger partial charge in [-0.15, -0.1) is 0 Å². The molecule has 0 fully saturated rings. The molecule has 0 amide bonds. The summed E-state index contributed by atoms with van der Waals surface area (Å²) in [5, 5.41) is 0. The molecular formula is C19H26N2O. The van der Waals surface area contributed by atoms with Crippen molar-refractivity contribution in [3.8, 4) is 17.0 Å². The number of hydrogen-bond donors (Lipinski definition) is 0. The van der Waals surface area contributed by atoms with Crippen LogP contribution in [0.2, 0.25) is 0 Å². The van der Waals surface area contributed by atoms with Crippen molar-refractivity contribution in [2.75, 3.05) is 6.61 Å². The molecule has 1 aromatic carbocycles. The second-order valence-electron chi connectivity index (χ2n) is 5.58. The standard InChI is InChI=1S/C19H26N2O/c1-3-5-7-8-17-14-21-19(15-20-17)16-9-11-18(12-10-16)22-13-6-4-2/h9-12,14-15H,3-8,13H2,1-2H3. The lowest BCUT2D eigenvalue weighted by molar-refractivity contribution is 0.309. The molecule has 2 rings (SSSR count). The van der Waals surface area contributed by atoms with Crippen LogP contribution in [0.5, 0.6) is 5.75 Å². The molecule has 0 spiro atoms. The van der Waals surface area contributed by atoms with Gasteiger partial charge in [-0.05, 0) is 43.5 Å². The summed E-state index contributed by atoms with van der Waals surface area (Å²) >= 11 is 0. The third-order valence-corrected chi connectivity index (χ3v) is 3.66. The van der Waals surface area contributed by atoms with Crippen LogP contribution < -0.4 is 4.74 Å². The smallest absolute Gasteiger partial charge is 0.119 e. The van der Waals surface area contributed by atoms with E-state index in [-0.39, 0.29) is 0 Å². The fourth-order valence-electron chi connectivity index (χ4n) is 2.25. The van der Waals surface area contributed by atoms with E-state index in [0.29, 0.717) is 0 Å². The Morgan fingerprint density at radius 3 is 2.27 bits per heavy atom. The van der Waals surface area contributed by atoms with Gasteiger partial charge in [0.15, 0.2) is 0 Å². The zero-order valence-corrected chi connectivity index (χ0v) is 13.7. The highest BCUT2D eigenvalue weighted by molar-refractivity contribution is 5.58. The zero-order chi connectivity index (χ0) is 15.6. The fraction of sp³-hybridized carbons (Fsp3) is 0.474. The number of unbranched alkanes of at least 4 members (excludes halogenated alkanes) is 3. The molecule has 0 N–H and O–H groups in total. The minimum absolute atomic E-state index is 0.780. The van der Waals surface area contributed by atoms with Crippen molar-refractivity contribution < 1.29 is 4.74 Å². The lowest BCUT2D eigenvalue weighted by atomic mass is 10.1. The third kappa shape index (κ3) is 5.14. The summed E-state index contributed by atoms with van der Waals surface area (Å²) in [4.78, 5) is 9.05. The van der Waals surface area contributed by atoms with Crippen LogP contribution in [0.4, 0.5) is 0 Å². The second kappa shape index (κ2) is 9.19. The topological polar surface area (TPSA) is 35.0 Å². The SMILES string of the molecule is CCCCCc1cnc(-c2ccc(OCCCC)cc2)cn1. The maximum atomic E-state index is 5.68. The molecule has 118 valence electrons. The summed E-state index contributed by atoms with van der Waals surface area (Å²) in [7, 11) is 0. The third-order valence-electron chi connectivity index (χ3n) is 3.66. The Morgan fingerprint density at radius 1 is 0.864 bits per heavy atom. The average molecular weight is 298 g/mol. The number of rotatable bonds is 9. The average Bonchev–Trinajstić information content (AvgIpc) is 2.57. The highest BCUT2D eigenvalue weighted by atomic mass is 16.5. The highest BCUT2D eigenvalue weighted by Gasteiger charge is 2.02. The summed E-state index contributed by atoms with van der Waals surface area (Å²) in [6.07, 6.45) is 10.7. The van der Waals surface area contributed by atoms with E-state index in [1.165, 1.54) is 19.3 Å². The predicted molar refractivity (Wildman–Crippen MR) is 91.1 cm³/mol. The summed E-state index contributed by atoms with van der Waals surface area (Å²) in [5.74, 6) is 0.918. The molecule has 0 saturated carbocycles. The van der Waals surface area contributed by atoms with Gasteiger partial charge in [0.2, 0.25) is 0 Å². The lowest BCUT2D eigenvalue weighted by Crippen LogP contribution is -1.96. The summed E-state index contributed by atoms with van der Waals surface area (Å²) in [5.41, 5.74) is 3.08. The highest BCUT2D eigenvalue weighted by Crippen LogP contribution is 2.20. The van der Waals surface area contributed by atoms with Gasteiger partial charge in [-0.1, -0.05) is 33.1 Å².